The number of halogens is 1. The third kappa shape index (κ3) is 3.83. The Bertz CT molecular complexity index is 609. The molecule has 0 saturated carbocycles. The minimum atomic E-state index is -0.485. The zero-order chi connectivity index (χ0) is 15.5. The van der Waals surface area contributed by atoms with Gasteiger partial charge in [-0.05, 0) is 61.8 Å². The Morgan fingerprint density at radius 2 is 1.85 bits per heavy atom. The topological polar surface area (TPSA) is 26.3 Å². The number of carbonyl (C=O) groups is 1. The van der Waals surface area contributed by atoms with Crippen LogP contribution in [0.25, 0.3) is 10.1 Å². The Hall–Kier alpha value is -0.870. The van der Waals surface area contributed by atoms with E-state index in [0.717, 1.165) is 14.6 Å². The molecule has 1 heterocycles. The number of aryl methyl sites for hydroxylation is 1. The van der Waals surface area contributed by atoms with Crippen molar-refractivity contribution in [3.8, 4) is 5.75 Å². The zero-order valence-electron chi connectivity index (χ0n) is 12.8. The molecule has 2 rings (SSSR count). The van der Waals surface area contributed by atoms with Gasteiger partial charge >= 0.3 is 5.97 Å². The summed E-state index contributed by atoms with van der Waals surface area (Å²) >= 11 is 5.25. The smallest absolute Gasteiger partial charge is 0.316 e. The maximum atomic E-state index is 11.8. The summed E-state index contributed by atoms with van der Waals surface area (Å²) in [6.07, 6.45) is 0. The molecule has 2 aromatic rings. The van der Waals surface area contributed by atoms with Crippen molar-refractivity contribution in [1.82, 2.24) is 0 Å². The predicted octanol–water partition coefficient (Wildman–Crippen LogP) is 5.95. The molecular weight excluding hydrogens is 336 g/mol. The van der Waals surface area contributed by atoms with Gasteiger partial charge < -0.3 is 4.74 Å². The summed E-state index contributed by atoms with van der Waals surface area (Å²) in [5.74, 6) is 0.394. The van der Waals surface area contributed by atoms with E-state index in [4.69, 9.17) is 4.74 Å². The molecule has 0 amide bonds. The van der Waals surface area contributed by atoms with Crippen LogP contribution in [0, 0.1) is 12.3 Å². The number of benzene rings is 1. The normalized spacial score (nSPS) is 10.9. The maximum absolute atomic E-state index is 11.8. The van der Waals surface area contributed by atoms with Gasteiger partial charge in [0.1, 0.15) is 5.75 Å². The maximum Gasteiger partial charge on any atom is 0.316 e. The summed E-state index contributed by atoms with van der Waals surface area (Å²) in [5.41, 5.74) is -0.485. The summed E-state index contributed by atoms with van der Waals surface area (Å²) in [6, 6.07) is 5.73. The summed E-state index contributed by atoms with van der Waals surface area (Å²) < 4.78 is 7.63. The van der Waals surface area contributed by atoms with E-state index >= 15 is 0 Å². The summed E-state index contributed by atoms with van der Waals surface area (Å²) in [7, 11) is 0. The van der Waals surface area contributed by atoms with Gasteiger partial charge in [0.05, 0.1) is 5.41 Å². The number of rotatable bonds is 1. The van der Waals surface area contributed by atoms with Crippen molar-refractivity contribution in [2.75, 3.05) is 0 Å². The highest BCUT2D eigenvalue weighted by molar-refractivity contribution is 9.10. The third-order valence-corrected chi connectivity index (χ3v) is 4.94. The van der Waals surface area contributed by atoms with Crippen LogP contribution in [-0.2, 0) is 4.79 Å². The molecule has 20 heavy (non-hydrogen) atoms. The van der Waals surface area contributed by atoms with Crippen LogP contribution < -0.4 is 4.74 Å². The largest absolute Gasteiger partial charge is 0.426 e. The number of esters is 1. The van der Waals surface area contributed by atoms with Gasteiger partial charge in [0.25, 0.3) is 0 Å². The second-order valence-electron chi connectivity index (χ2n) is 5.27. The van der Waals surface area contributed by atoms with Gasteiger partial charge in [-0.2, -0.15) is 0 Å². The van der Waals surface area contributed by atoms with Crippen molar-refractivity contribution in [2.45, 2.75) is 41.5 Å². The van der Waals surface area contributed by atoms with Crippen LogP contribution in [0.1, 0.15) is 39.5 Å². The highest BCUT2D eigenvalue weighted by Gasteiger charge is 2.23. The third-order valence-electron chi connectivity index (χ3n) is 2.58. The van der Waals surface area contributed by atoms with Crippen LogP contribution in [0.2, 0.25) is 0 Å². The van der Waals surface area contributed by atoms with Crippen LogP contribution in [0.4, 0.5) is 0 Å². The fourth-order valence-corrected chi connectivity index (χ4v) is 3.20. The Morgan fingerprint density at radius 1 is 1.25 bits per heavy atom. The number of fused-ring (bicyclic) bond motifs is 1. The molecule has 0 bridgehead atoms. The SMILES string of the molecule is CC.Cc1sc2cc(OC(=O)C(C)(C)C)ccc2c1Br. The van der Waals surface area contributed by atoms with E-state index in [1.54, 1.807) is 11.3 Å². The number of thiophene rings is 1. The van der Waals surface area contributed by atoms with Crippen molar-refractivity contribution in [3.63, 3.8) is 0 Å². The van der Waals surface area contributed by atoms with Crippen LogP contribution in [0.3, 0.4) is 0 Å². The lowest BCUT2D eigenvalue weighted by Gasteiger charge is -2.16. The molecular formula is C16H21BrO2S. The van der Waals surface area contributed by atoms with Crippen molar-refractivity contribution < 1.29 is 9.53 Å². The minimum absolute atomic E-state index is 0.214. The molecule has 110 valence electrons. The number of hydrogen-bond acceptors (Lipinski definition) is 3. The Kier molecular flexibility index (Phi) is 5.78. The first-order chi connectivity index (χ1) is 9.29. The molecule has 2 nitrogen and oxygen atoms in total. The second kappa shape index (κ2) is 6.72. The Balaban J connectivity index is 0.000000956. The van der Waals surface area contributed by atoms with Gasteiger partial charge in [-0.1, -0.05) is 13.8 Å². The lowest BCUT2D eigenvalue weighted by atomic mass is 9.97. The molecule has 0 N–H and O–H groups in total. The fourth-order valence-electron chi connectivity index (χ4n) is 1.49. The molecule has 0 aliphatic carbocycles. The predicted molar refractivity (Wildman–Crippen MR) is 90.7 cm³/mol. The lowest BCUT2D eigenvalue weighted by Crippen LogP contribution is -2.25. The lowest BCUT2D eigenvalue weighted by molar-refractivity contribution is -0.142. The van der Waals surface area contributed by atoms with Crippen LogP contribution in [0.5, 0.6) is 5.75 Å². The molecule has 0 aliphatic rings. The first-order valence-electron chi connectivity index (χ1n) is 6.70. The van der Waals surface area contributed by atoms with E-state index in [2.05, 4.69) is 22.9 Å². The Morgan fingerprint density at radius 3 is 2.40 bits per heavy atom. The minimum Gasteiger partial charge on any atom is -0.426 e. The average Bonchev–Trinajstić information content (AvgIpc) is 2.66. The average molecular weight is 357 g/mol. The van der Waals surface area contributed by atoms with Gasteiger partial charge in [-0.3, -0.25) is 4.79 Å². The summed E-state index contributed by atoms with van der Waals surface area (Å²) in [4.78, 5) is 13.0. The van der Waals surface area contributed by atoms with E-state index in [1.165, 1.54) is 4.88 Å². The quantitative estimate of drug-likeness (QED) is 0.466. The van der Waals surface area contributed by atoms with E-state index in [-0.39, 0.29) is 5.97 Å². The molecule has 0 atom stereocenters. The molecule has 1 aromatic carbocycles. The van der Waals surface area contributed by atoms with Crippen LogP contribution in [-0.4, -0.2) is 5.97 Å². The summed E-state index contributed by atoms with van der Waals surface area (Å²) in [6.45, 7) is 11.6. The highest BCUT2D eigenvalue weighted by Crippen LogP contribution is 2.37. The van der Waals surface area contributed by atoms with E-state index < -0.39 is 5.41 Å². The van der Waals surface area contributed by atoms with Crippen molar-refractivity contribution in [2.24, 2.45) is 5.41 Å². The number of ether oxygens (including phenoxy) is 1. The summed E-state index contributed by atoms with van der Waals surface area (Å²) in [5, 5.41) is 1.16. The van der Waals surface area contributed by atoms with Gasteiger partial charge in [-0.25, -0.2) is 0 Å². The van der Waals surface area contributed by atoms with Crippen molar-refractivity contribution >= 4 is 43.3 Å². The molecule has 0 saturated heterocycles. The Labute approximate surface area is 133 Å². The van der Waals surface area contributed by atoms with Gasteiger partial charge in [-0.15, -0.1) is 11.3 Å². The number of carbonyl (C=O) groups excluding carboxylic acids is 1. The standard InChI is InChI=1S/C14H15BrO2S.C2H6/c1-8-12(15)10-6-5-9(7-11(10)18-8)17-13(16)14(2,3)4;1-2/h5-7H,1-4H3;1-2H3. The van der Waals surface area contributed by atoms with Crippen molar-refractivity contribution in [3.05, 3.63) is 27.5 Å². The number of hydrogen-bond donors (Lipinski definition) is 0. The molecule has 0 aliphatic heterocycles. The van der Waals surface area contributed by atoms with E-state index in [9.17, 15) is 4.79 Å². The first kappa shape index (κ1) is 17.2. The molecule has 0 fully saturated rings. The second-order valence-corrected chi connectivity index (χ2v) is 7.32. The molecule has 0 spiro atoms. The molecule has 0 radical (unpaired) electrons. The van der Waals surface area contributed by atoms with Crippen LogP contribution >= 0.6 is 27.3 Å². The van der Waals surface area contributed by atoms with Gasteiger partial charge in [0.15, 0.2) is 0 Å². The van der Waals surface area contributed by atoms with E-state index in [1.807, 2.05) is 52.8 Å². The zero-order valence-corrected chi connectivity index (χ0v) is 15.2. The molecule has 4 heteroatoms. The van der Waals surface area contributed by atoms with Crippen molar-refractivity contribution in [1.29, 1.82) is 0 Å². The van der Waals surface area contributed by atoms with Gasteiger partial charge in [0, 0.05) is 19.4 Å². The molecule has 0 unspecified atom stereocenters. The van der Waals surface area contributed by atoms with E-state index in [0.29, 0.717) is 5.75 Å². The molecule has 1 aromatic heterocycles. The first-order valence-corrected chi connectivity index (χ1v) is 8.31. The fraction of sp³-hybridized carbons (Fsp3) is 0.438. The monoisotopic (exact) mass is 356 g/mol. The van der Waals surface area contributed by atoms with Crippen LogP contribution in [0.15, 0.2) is 22.7 Å². The highest BCUT2D eigenvalue weighted by atomic mass is 79.9. The van der Waals surface area contributed by atoms with Gasteiger partial charge in [0.2, 0.25) is 0 Å².